The molecule has 152 valence electrons. The van der Waals surface area contributed by atoms with E-state index in [0.717, 1.165) is 5.56 Å². The molecule has 0 spiro atoms. The second-order valence-electron chi connectivity index (χ2n) is 7.39. The molecule has 3 aromatic carbocycles. The zero-order chi connectivity index (χ0) is 20.9. The van der Waals surface area contributed by atoms with Crippen LogP contribution in [-0.4, -0.2) is 23.8 Å². The molecule has 5 heteroatoms. The summed E-state index contributed by atoms with van der Waals surface area (Å²) in [4.78, 5) is 22.9. The second kappa shape index (κ2) is 8.82. The number of carboxylic acid groups (broad SMARTS) is 1. The minimum atomic E-state index is -0.788. The fraction of sp³-hybridized carbons (Fsp3) is 0.200. The van der Waals surface area contributed by atoms with Gasteiger partial charge in [0.1, 0.15) is 6.61 Å². The Morgan fingerprint density at radius 1 is 0.867 bits per heavy atom. The van der Waals surface area contributed by atoms with E-state index in [2.05, 4.69) is 29.6 Å². The molecule has 0 saturated heterocycles. The van der Waals surface area contributed by atoms with E-state index in [0.29, 0.717) is 18.5 Å². The number of anilines is 1. The second-order valence-corrected chi connectivity index (χ2v) is 7.39. The Bertz CT molecular complexity index is 1010. The Labute approximate surface area is 175 Å². The number of carbonyl (C=O) groups is 2. The third-order valence-electron chi connectivity index (χ3n) is 5.40. The number of carboxylic acids is 1. The predicted octanol–water partition coefficient (Wildman–Crippen LogP) is 5.45. The first-order valence-corrected chi connectivity index (χ1v) is 10.0. The topological polar surface area (TPSA) is 75.6 Å². The highest BCUT2D eigenvalue weighted by atomic mass is 16.5. The van der Waals surface area contributed by atoms with Gasteiger partial charge < -0.3 is 9.84 Å². The van der Waals surface area contributed by atoms with Gasteiger partial charge in [0.05, 0.1) is 0 Å². The number of carbonyl (C=O) groups excluding carboxylic acids is 1. The van der Waals surface area contributed by atoms with Crippen molar-refractivity contribution in [1.82, 2.24) is 0 Å². The van der Waals surface area contributed by atoms with E-state index >= 15 is 0 Å². The van der Waals surface area contributed by atoms with Gasteiger partial charge in [-0.2, -0.15) is 0 Å². The van der Waals surface area contributed by atoms with Crippen LogP contribution in [0.15, 0.2) is 72.8 Å². The van der Waals surface area contributed by atoms with Gasteiger partial charge in [-0.3, -0.25) is 10.1 Å². The van der Waals surface area contributed by atoms with Crippen LogP contribution in [0.4, 0.5) is 10.5 Å². The Kier molecular flexibility index (Phi) is 5.80. The standard InChI is InChI=1S/C25H23NO4/c27-24(28)11-5-6-17-12-14-18(15-13-17)26-25(29)30-16-23-21-9-3-1-7-19(21)20-8-2-4-10-22(20)23/h1-4,7-10,12-15,23H,5-6,11,16H2,(H,26,29)(H,27,28). The number of hydrogen-bond acceptors (Lipinski definition) is 3. The molecule has 5 nitrogen and oxygen atoms in total. The molecule has 3 aromatic rings. The highest BCUT2D eigenvalue weighted by Crippen LogP contribution is 2.44. The first-order valence-electron chi connectivity index (χ1n) is 10.0. The SMILES string of the molecule is O=C(O)CCCc1ccc(NC(=O)OCC2c3ccccc3-c3ccccc32)cc1. The van der Waals surface area contributed by atoms with E-state index in [1.54, 1.807) is 12.1 Å². The summed E-state index contributed by atoms with van der Waals surface area (Å²) in [6.45, 7) is 0.271. The number of hydrogen-bond donors (Lipinski definition) is 2. The average Bonchev–Trinajstić information content (AvgIpc) is 3.07. The molecule has 4 rings (SSSR count). The summed E-state index contributed by atoms with van der Waals surface area (Å²) < 4.78 is 5.55. The highest BCUT2D eigenvalue weighted by Gasteiger charge is 2.28. The van der Waals surface area contributed by atoms with Crippen molar-refractivity contribution >= 4 is 17.7 Å². The summed E-state index contributed by atoms with van der Waals surface area (Å²) in [6.07, 6.45) is 0.946. The van der Waals surface area contributed by atoms with Gasteiger partial charge in [-0.1, -0.05) is 60.7 Å². The Hall–Kier alpha value is -3.60. The highest BCUT2D eigenvalue weighted by molar-refractivity contribution is 5.85. The molecule has 0 aromatic heterocycles. The van der Waals surface area contributed by atoms with Gasteiger partial charge in [0, 0.05) is 18.0 Å². The van der Waals surface area contributed by atoms with Crippen molar-refractivity contribution in [3.8, 4) is 11.1 Å². The number of amides is 1. The van der Waals surface area contributed by atoms with Crippen LogP contribution in [0.3, 0.4) is 0 Å². The van der Waals surface area contributed by atoms with E-state index in [-0.39, 0.29) is 18.9 Å². The lowest BCUT2D eigenvalue weighted by Crippen LogP contribution is -2.17. The van der Waals surface area contributed by atoms with E-state index in [9.17, 15) is 9.59 Å². The lowest BCUT2D eigenvalue weighted by atomic mass is 9.98. The third-order valence-corrected chi connectivity index (χ3v) is 5.40. The zero-order valence-electron chi connectivity index (χ0n) is 16.5. The number of rotatable bonds is 7. The molecule has 0 unspecified atom stereocenters. The molecular weight excluding hydrogens is 378 g/mol. The zero-order valence-corrected chi connectivity index (χ0v) is 16.5. The van der Waals surface area contributed by atoms with Crippen LogP contribution < -0.4 is 5.32 Å². The van der Waals surface area contributed by atoms with E-state index in [4.69, 9.17) is 9.84 Å². The van der Waals surface area contributed by atoms with Crippen LogP contribution in [0, 0.1) is 0 Å². The minimum Gasteiger partial charge on any atom is -0.481 e. The summed E-state index contributed by atoms with van der Waals surface area (Å²) in [5.41, 5.74) is 6.43. The van der Waals surface area contributed by atoms with Crippen molar-refractivity contribution in [2.24, 2.45) is 0 Å². The number of ether oxygens (including phenoxy) is 1. The van der Waals surface area contributed by atoms with Crippen LogP contribution in [-0.2, 0) is 16.0 Å². The normalized spacial score (nSPS) is 12.1. The van der Waals surface area contributed by atoms with Crippen molar-refractivity contribution in [2.45, 2.75) is 25.2 Å². The number of aliphatic carboxylic acids is 1. The fourth-order valence-corrected chi connectivity index (χ4v) is 3.95. The maximum atomic E-state index is 12.3. The van der Waals surface area contributed by atoms with Crippen LogP contribution in [0.25, 0.3) is 11.1 Å². The summed E-state index contributed by atoms with van der Waals surface area (Å²) >= 11 is 0. The molecule has 1 amide bonds. The molecule has 0 atom stereocenters. The molecule has 0 bridgehead atoms. The molecule has 0 saturated carbocycles. The van der Waals surface area contributed by atoms with Crippen LogP contribution >= 0.6 is 0 Å². The molecule has 2 N–H and O–H groups in total. The Morgan fingerprint density at radius 2 is 1.47 bits per heavy atom. The van der Waals surface area contributed by atoms with Crippen molar-refractivity contribution in [3.63, 3.8) is 0 Å². The molecule has 0 fully saturated rings. The van der Waals surface area contributed by atoms with Crippen molar-refractivity contribution in [3.05, 3.63) is 89.5 Å². The monoisotopic (exact) mass is 401 g/mol. The number of benzene rings is 3. The fourth-order valence-electron chi connectivity index (χ4n) is 3.95. The van der Waals surface area contributed by atoms with Crippen LogP contribution in [0.5, 0.6) is 0 Å². The summed E-state index contributed by atoms with van der Waals surface area (Å²) in [7, 11) is 0. The maximum Gasteiger partial charge on any atom is 0.411 e. The quantitative estimate of drug-likeness (QED) is 0.552. The summed E-state index contributed by atoms with van der Waals surface area (Å²) in [5.74, 6) is -0.761. The largest absolute Gasteiger partial charge is 0.481 e. The first-order chi connectivity index (χ1) is 14.6. The molecule has 30 heavy (non-hydrogen) atoms. The molecular formula is C25H23NO4. The van der Waals surface area contributed by atoms with Gasteiger partial charge in [0.2, 0.25) is 0 Å². The van der Waals surface area contributed by atoms with Crippen LogP contribution in [0.2, 0.25) is 0 Å². The smallest absolute Gasteiger partial charge is 0.411 e. The lowest BCUT2D eigenvalue weighted by Gasteiger charge is -2.14. The van der Waals surface area contributed by atoms with Crippen LogP contribution in [0.1, 0.15) is 35.4 Å². The van der Waals surface area contributed by atoms with Gasteiger partial charge in [-0.25, -0.2) is 4.79 Å². The number of fused-ring (bicyclic) bond motifs is 3. The van der Waals surface area contributed by atoms with Gasteiger partial charge in [0.25, 0.3) is 0 Å². The van der Waals surface area contributed by atoms with Crippen molar-refractivity contribution in [1.29, 1.82) is 0 Å². The Morgan fingerprint density at radius 3 is 2.07 bits per heavy atom. The van der Waals surface area contributed by atoms with Gasteiger partial charge in [0.15, 0.2) is 0 Å². The molecule has 0 radical (unpaired) electrons. The molecule has 0 aliphatic heterocycles. The average molecular weight is 401 g/mol. The van der Waals surface area contributed by atoms with E-state index in [1.165, 1.54) is 22.3 Å². The summed E-state index contributed by atoms with van der Waals surface area (Å²) in [5, 5.41) is 11.5. The minimum absolute atomic E-state index is 0.0276. The molecule has 1 aliphatic carbocycles. The predicted molar refractivity (Wildman–Crippen MR) is 116 cm³/mol. The Balaban J connectivity index is 1.35. The van der Waals surface area contributed by atoms with Gasteiger partial charge in [-0.05, 0) is 52.8 Å². The first kappa shape index (κ1) is 19.7. The third kappa shape index (κ3) is 4.35. The number of aryl methyl sites for hydroxylation is 1. The lowest BCUT2D eigenvalue weighted by molar-refractivity contribution is -0.137. The van der Waals surface area contributed by atoms with Gasteiger partial charge >= 0.3 is 12.1 Å². The van der Waals surface area contributed by atoms with Gasteiger partial charge in [-0.15, -0.1) is 0 Å². The van der Waals surface area contributed by atoms with E-state index in [1.807, 2.05) is 36.4 Å². The number of nitrogens with one attached hydrogen (secondary N) is 1. The summed E-state index contributed by atoms with van der Waals surface area (Å²) in [6, 6.07) is 23.8. The molecule has 1 aliphatic rings. The van der Waals surface area contributed by atoms with E-state index < -0.39 is 12.1 Å². The molecule has 0 heterocycles. The van der Waals surface area contributed by atoms with Crippen molar-refractivity contribution < 1.29 is 19.4 Å². The van der Waals surface area contributed by atoms with Crippen molar-refractivity contribution in [2.75, 3.05) is 11.9 Å². The maximum absolute atomic E-state index is 12.3.